The Morgan fingerprint density at radius 1 is 0.722 bits per heavy atom. The Balaban J connectivity index is 1.34. The molecule has 7 heteroatoms. The van der Waals surface area contributed by atoms with Gasteiger partial charge in [-0.15, -0.1) is 0 Å². The molecule has 0 N–H and O–H groups in total. The summed E-state index contributed by atoms with van der Waals surface area (Å²) in [5, 5.41) is 0.640. The number of carbonyl (C=O) groups excluding carboxylic acids is 2. The van der Waals surface area contributed by atoms with E-state index < -0.39 is 0 Å². The van der Waals surface area contributed by atoms with Gasteiger partial charge in [-0.25, -0.2) is 0 Å². The van der Waals surface area contributed by atoms with E-state index >= 15 is 0 Å². The second kappa shape index (κ2) is 11.3. The number of hydrogen-bond donors (Lipinski definition) is 0. The smallest absolute Gasteiger partial charge is 0.278 e. The Morgan fingerprint density at radius 3 is 1.97 bits per heavy atom. The molecule has 0 radical (unpaired) electrons. The van der Waals surface area contributed by atoms with E-state index in [9.17, 15) is 9.59 Å². The van der Waals surface area contributed by atoms with E-state index in [2.05, 4.69) is 34.1 Å². The molecule has 2 heterocycles. The molecule has 184 valence electrons. The fourth-order valence-corrected chi connectivity index (χ4v) is 5.74. The Morgan fingerprint density at radius 2 is 1.33 bits per heavy atom. The third-order valence-electron chi connectivity index (χ3n) is 6.54. The van der Waals surface area contributed by atoms with Gasteiger partial charge in [0.25, 0.3) is 11.8 Å². The second-order valence-corrected chi connectivity index (χ2v) is 10.5. The molecular formula is C29H28ClN3O2S. The first kappa shape index (κ1) is 24.6. The van der Waals surface area contributed by atoms with Gasteiger partial charge in [0.05, 0.1) is 0 Å². The van der Waals surface area contributed by atoms with Gasteiger partial charge in [0.15, 0.2) is 0 Å². The van der Waals surface area contributed by atoms with Gasteiger partial charge in [0.2, 0.25) is 0 Å². The summed E-state index contributed by atoms with van der Waals surface area (Å²) in [7, 11) is 0. The average molecular weight is 518 g/mol. The molecular weight excluding hydrogens is 490 g/mol. The first-order valence-corrected chi connectivity index (χ1v) is 13.4. The van der Waals surface area contributed by atoms with E-state index in [0.717, 1.165) is 30.1 Å². The summed E-state index contributed by atoms with van der Waals surface area (Å²) in [6.45, 7) is 4.34. The number of thioether (sulfide) groups is 1. The van der Waals surface area contributed by atoms with E-state index in [1.165, 1.54) is 22.2 Å². The van der Waals surface area contributed by atoms with Crippen molar-refractivity contribution in [3.8, 4) is 0 Å². The topological polar surface area (TPSA) is 43.9 Å². The van der Waals surface area contributed by atoms with Crippen molar-refractivity contribution in [1.82, 2.24) is 14.7 Å². The lowest BCUT2D eigenvalue weighted by Crippen LogP contribution is -2.47. The van der Waals surface area contributed by atoms with Gasteiger partial charge < -0.3 is 4.90 Å². The van der Waals surface area contributed by atoms with Crippen molar-refractivity contribution in [2.75, 3.05) is 32.7 Å². The Labute approximate surface area is 221 Å². The maximum atomic E-state index is 13.6. The molecule has 36 heavy (non-hydrogen) atoms. The van der Waals surface area contributed by atoms with Crippen molar-refractivity contribution in [3.05, 3.63) is 112 Å². The molecule has 0 aliphatic carbocycles. The van der Waals surface area contributed by atoms with Crippen molar-refractivity contribution < 1.29 is 9.59 Å². The van der Waals surface area contributed by atoms with Gasteiger partial charge in [-0.2, -0.15) is 0 Å². The van der Waals surface area contributed by atoms with Crippen LogP contribution >= 0.6 is 23.4 Å². The van der Waals surface area contributed by atoms with Crippen LogP contribution in [0.5, 0.6) is 0 Å². The van der Waals surface area contributed by atoms with E-state index in [4.69, 9.17) is 11.6 Å². The fraction of sp³-hybridized carbons (Fsp3) is 0.241. The Hall–Kier alpha value is -3.06. The number of hydrogen-bond acceptors (Lipinski definition) is 5. The van der Waals surface area contributed by atoms with Crippen molar-refractivity contribution in [1.29, 1.82) is 0 Å². The number of amides is 2. The summed E-state index contributed by atoms with van der Waals surface area (Å²) >= 11 is 7.42. The predicted octanol–water partition coefficient (Wildman–Crippen LogP) is 5.07. The molecule has 5 nitrogen and oxygen atoms in total. The monoisotopic (exact) mass is 517 g/mol. The largest absolute Gasteiger partial charge is 0.363 e. The molecule has 0 spiro atoms. The van der Waals surface area contributed by atoms with Crippen molar-refractivity contribution >= 4 is 35.2 Å². The van der Waals surface area contributed by atoms with E-state index in [0.29, 0.717) is 41.7 Å². The lowest BCUT2D eigenvalue weighted by molar-refractivity contribution is -0.138. The molecule has 0 unspecified atom stereocenters. The summed E-state index contributed by atoms with van der Waals surface area (Å²) in [6, 6.07) is 27.8. The molecule has 0 atom stereocenters. The minimum Gasteiger partial charge on any atom is -0.363 e. The van der Waals surface area contributed by atoms with Crippen LogP contribution < -0.4 is 0 Å². The number of halogens is 1. The summed E-state index contributed by atoms with van der Waals surface area (Å²) in [6.07, 6.45) is 0.634. The molecule has 0 saturated carbocycles. The number of carbonyl (C=O) groups is 2. The first-order chi connectivity index (χ1) is 17.6. The molecule has 5 rings (SSSR count). The zero-order valence-electron chi connectivity index (χ0n) is 20.0. The van der Waals surface area contributed by atoms with Crippen LogP contribution in [0.4, 0.5) is 0 Å². The molecule has 3 aromatic rings. The van der Waals surface area contributed by atoms with Gasteiger partial charge in [-0.1, -0.05) is 84.0 Å². The summed E-state index contributed by atoms with van der Waals surface area (Å²) in [4.78, 5) is 34.5. The van der Waals surface area contributed by atoms with Crippen LogP contribution in [-0.2, 0) is 22.6 Å². The normalized spacial score (nSPS) is 16.8. The highest BCUT2D eigenvalue weighted by Crippen LogP contribution is 2.37. The number of imide groups is 1. The molecule has 1 fully saturated rings. The van der Waals surface area contributed by atoms with Crippen molar-refractivity contribution in [2.45, 2.75) is 17.9 Å². The molecule has 0 bridgehead atoms. The van der Waals surface area contributed by atoms with Crippen LogP contribution in [0.2, 0.25) is 5.02 Å². The third-order valence-corrected chi connectivity index (χ3v) is 7.87. The lowest BCUT2D eigenvalue weighted by atomic mass is 10.1. The number of nitrogens with zero attached hydrogens (tertiary/aromatic N) is 3. The van der Waals surface area contributed by atoms with Gasteiger partial charge >= 0.3 is 0 Å². The van der Waals surface area contributed by atoms with Gasteiger partial charge in [0, 0.05) is 49.2 Å². The number of benzene rings is 3. The highest BCUT2D eigenvalue weighted by molar-refractivity contribution is 8.04. The minimum absolute atomic E-state index is 0.191. The summed E-state index contributed by atoms with van der Waals surface area (Å²) in [5.41, 5.74) is 2.92. The average Bonchev–Trinajstić information content (AvgIpc) is 3.14. The van der Waals surface area contributed by atoms with E-state index in [-0.39, 0.29) is 11.8 Å². The fourth-order valence-electron chi connectivity index (χ4n) is 4.59. The minimum atomic E-state index is -0.211. The molecule has 2 aliphatic rings. The van der Waals surface area contributed by atoms with Crippen LogP contribution in [0, 0.1) is 0 Å². The van der Waals surface area contributed by atoms with Crippen molar-refractivity contribution in [2.24, 2.45) is 0 Å². The summed E-state index contributed by atoms with van der Waals surface area (Å²) < 4.78 is 0. The van der Waals surface area contributed by atoms with Crippen LogP contribution in [0.1, 0.15) is 11.1 Å². The highest BCUT2D eigenvalue weighted by Gasteiger charge is 2.41. The standard InChI is InChI=1S/C29H28ClN3O2S/c30-24-11-13-25(14-12-24)36-27-26(28(34)33(29(27)35)16-15-22-7-3-1-4-8-22)32-19-17-31(18-20-32)21-23-9-5-2-6-10-23/h1-14H,15-21H2. The highest BCUT2D eigenvalue weighted by atomic mass is 35.5. The Bertz CT molecular complexity index is 1240. The molecule has 2 aliphatic heterocycles. The lowest BCUT2D eigenvalue weighted by Gasteiger charge is -2.36. The van der Waals surface area contributed by atoms with E-state index in [1.807, 2.05) is 48.5 Å². The zero-order valence-corrected chi connectivity index (χ0v) is 21.5. The quantitative estimate of drug-likeness (QED) is 0.390. The van der Waals surface area contributed by atoms with Gasteiger partial charge in [-0.3, -0.25) is 19.4 Å². The number of piperazine rings is 1. The summed E-state index contributed by atoms with van der Waals surface area (Å²) in [5.74, 6) is -0.401. The van der Waals surface area contributed by atoms with Crippen LogP contribution in [0.15, 0.2) is 100 Å². The molecule has 1 saturated heterocycles. The predicted molar refractivity (Wildman–Crippen MR) is 144 cm³/mol. The third kappa shape index (κ3) is 5.67. The zero-order chi connectivity index (χ0) is 24.9. The van der Waals surface area contributed by atoms with Crippen LogP contribution in [-0.4, -0.2) is 59.2 Å². The maximum Gasteiger partial charge on any atom is 0.278 e. The first-order valence-electron chi connectivity index (χ1n) is 12.2. The molecule has 3 aromatic carbocycles. The van der Waals surface area contributed by atoms with Crippen molar-refractivity contribution in [3.63, 3.8) is 0 Å². The van der Waals surface area contributed by atoms with Gasteiger partial charge in [-0.05, 0) is 41.8 Å². The molecule has 2 amide bonds. The Kier molecular flexibility index (Phi) is 7.75. The van der Waals surface area contributed by atoms with Crippen LogP contribution in [0.25, 0.3) is 0 Å². The van der Waals surface area contributed by atoms with Gasteiger partial charge in [0.1, 0.15) is 10.6 Å². The second-order valence-electron chi connectivity index (χ2n) is 8.98. The maximum absolute atomic E-state index is 13.6. The number of rotatable bonds is 8. The van der Waals surface area contributed by atoms with Crippen LogP contribution in [0.3, 0.4) is 0 Å². The van der Waals surface area contributed by atoms with E-state index in [1.54, 1.807) is 12.1 Å². The molecule has 0 aromatic heterocycles. The SMILES string of the molecule is O=C1C(Sc2ccc(Cl)cc2)=C(N2CCN(Cc3ccccc3)CC2)C(=O)N1CCc1ccccc1.